The molecule has 0 radical (unpaired) electrons. The van der Waals surface area contributed by atoms with Crippen LogP contribution in [-0.4, -0.2) is 41.0 Å². The number of carbonyl (C=O) groups excluding carboxylic acids is 3. The average molecular weight is 685 g/mol. The Morgan fingerprint density at radius 2 is 1.08 bits per heavy atom. The molecule has 8 nitrogen and oxygen atoms in total. The number of esters is 1. The third-order valence-electron chi connectivity index (χ3n) is 8.04. The molecule has 0 rings (SSSR count). The lowest BCUT2D eigenvalue weighted by Gasteiger charge is -2.13. The monoisotopic (exact) mass is 685 g/mol. The highest BCUT2D eigenvalue weighted by molar-refractivity contribution is 5.84. The molecule has 0 aliphatic carbocycles. The van der Waals surface area contributed by atoms with E-state index in [-0.39, 0.29) is 37.2 Å². The predicted molar refractivity (Wildman–Crippen MR) is 202 cm³/mol. The SMILES string of the molecule is CC/C=C\C/C=C\C/C=C\CCCCCCCC(=O)OC(C)CCC/C=C\C/C=C\CCCCCCCC(=O)N[C@@H](CCC(N)=O)C(=O)O. The van der Waals surface area contributed by atoms with Crippen molar-refractivity contribution in [2.75, 3.05) is 0 Å². The normalized spacial score (nSPS) is 13.3. The number of rotatable bonds is 33. The first kappa shape index (κ1) is 45.6. The number of nitrogens with one attached hydrogen (secondary N) is 1. The lowest BCUT2D eigenvalue weighted by Crippen LogP contribution is -2.41. The molecule has 278 valence electrons. The second-order valence-electron chi connectivity index (χ2n) is 12.8. The Morgan fingerprint density at radius 3 is 1.61 bits per heavy atom. The first-order chi connectivity index (χ1) is 23.8. The van der Waals surface area contributed by atoms with Crippen LogP contribution in [0.1, 0.15) is 162 Å². The van der Waals surface area contributed by atoms with Crippen molar-refractivity contribution in [1.29, 1.82) is 0 Å². The van der Waals surface area contributed by atoms with E-state index in [1.807, 2.05) is 6.92 Å². The van der Waals surface area contributed by atoms with Crippen LogP contribution in [0.4, 0.5) is 0 Å². The summed E-state index contributed by atoms with van der Waals surface area (Å²) in [6, 6.07) is -1.07. The third-order valence-corrected chi connectivity index (χ3v) is 8.04. The molecule has 0 aromatic rings. The first-order valence-corrected chi connectivity index (χ1v) is 19.0. The maximum Gasteiger partial charge on any atom is 0.326 e. The molecule has 8 heteroatoms. The Bertz CT molecular complexity index is 1010. The number of amides is 2. The molecular weight excluding hydrogens is 616 g/mol. The minimum Gasteiger partial charge on any atom is -0.480 e. The van der Waals surface area contributed by atoms with Crippen molar-refractivity contribution in [3.05, 3.63) is 60.8 Å². The standard InChI is InChI=1S/C41H68N2O6/c1-3-4-5-6-7-8-9-10-11-15-18-21-24-27-30-33-40(46)49-36(2)31-28-25-22-19-16-13-12-14-17-20-23-26-29-32-39(45)43-37(41(47)48)34-35-38(42)44/h4-5,7-8,10-13,19,22,36-37H,3,6,9,14-18,20-21,23-35H2,1-2H3,(H2,42,44)(H,43,45)(H,47,48)/b5-4-,8-7-,11-10-,13-12-,22-19-/t36?,37-/m0/s1. The second kappa shape index (κ2) is 34.4. The van der Waals surface area contributed by atoms with Crippen molar-refractivity contribution >= 4 is 23.8 Å². The molecular formula is C41H68N2O6. The molecule has 0 heterocycles. The Hall–Kier alpha value is -3.42. The maximum absolute atomic E-state index is 12.1. The van der Waals surface area contributed by atoms with Crippen LogP contribution in [0.5, 0.6) is 0 Å². The fraction of sp³-hybridized carbons (Fsp3) is 0.659. The van der Waals surface area contributed by atoms with E-state index in [0.29, 0.717) is 12.8 Å². The van der Waals surface area contributed by atoms with Gasteiger partial charge < -0.3 is 20.9 Å². The fourth-order valence-electron chi connectivity index (χ4n) is 5.15. The van der Waals surface area contributed by atoms with Crippen LogP contribution in [0, 0.1) is 0 Å². The molecule has 0 spiro atoms. The minimum absolute atomic E-state index is 0.00845. The van der Waals surface area contributed by atoms with Crippen LogP contribution in [0.3, 0.4) is 0 Å². The number of carboxylic acid groups (broad SMARTS) is 1. The van der Waals surface area contributed by atoms with Gasteiger partial charge in [0.1, 0.15) is 6.04 Å². The van der Waals surface area contributed by atoms with E-state index in [0.717, 1.165) is 96.3 Å². The molecule has 0 aromatic heterocycles. The van der Waals surface area contributed by atoms with Crippen LogP contribution < -0.4 is 11.1 Å². The molecule has 0 fully saturated rings. The van der Waals surface area contributed by atoms with Gasteiger partial charge in [0.2, 0.25) is 11.8 Å². The molecule has 49 heavy (non-hydrogen) atoms. The second-order valence-corrected chi connectivity index (χ2v) is 12.8. The molecule has 2 amide bonds. The molecule has 1 unspecified atom stereocenters. The minimum atomic E-state index is -1.15. The smallest absolute Gasteiger partial charge is 0.326 e. The van der Waals surface area contributed by atoms with Crippen LogP contribution in [-0.2, 0) is 23.9 Å². The van der Waals surface area contributed by atoms with Crippen molar-refractivity contribution in [2.45, 2.75) is 174 Å². The number of unbranched alkanes of at least 4 members (excludes halogenated alkanes) is 11. The molecule has 2 atom stereocenters. The molecule has 0 aliphatic heterocycles. The summed E-state index contributed by atoms with van der Waals surface area (Å²) in [6.45, 7) is 4.14. The Balaban J connectivity index is 3.62. The lowest BCUT2D eigenvalue weighted by atomic mass is 10.1. The van der Waals surface area contributed by atoms with Crippen molar-refractivity contribution in [3.63, 3.8) is 0 Å². The van der Waals surface area contributed by atoms with Gasteiger partial charge in [0.05, 0.1) is 6.10 Å². The zero-order valence-electron chi connectivity index (χ0n) is 30.8. The van der Waals surface area contributed by atoms with Gasteiger partial charge in [-0.2, -0.15) is 0 Å². The van der Waals surface area contributed by atoms with E-state index in [9.17, 15) is 19.2 Å². The number of allylic oxidation sites excluding steroid dienone is 10. The fourth-order valence-corrected chi connectivity index (χ4v) is 5.15. The van der Waals surface area contributed by atoms with Crippen molar-refractivity contribution in [1.82, 2.24) is 5.32 Å². The van der Waals surface area contributed by atoms with E-state index in [1.54, 1.807) is 0 Å². The average Bonchev–Trinajstić information content (AvgIpc) is 3.06. The van der Waals surface area contributed by atoms with Crippen LogP contribution >= 0.6 is 0 Å². The maximum atomic E-state index is 12.1. The highest BCUT2D eigenvalue weighted by atomic mass is 16.5. The molecule has 0 aliphatic rings. The van der Waals surface area contributed by atoms with Crippen molar-refractivity contribution < 1.29 is 29.0 Å². The Morgan fingerprint density at radius 1 is 0.612 bits per heavy atom. The molecule has 0 aromatic carbocycles. The summed E-state index contributed by atoms with van der Waals surface area (Å²) in [5.41, 5.74) is 5.06. The van der Waals surface area contributed by atoms with E-state index in [2.05, 4.69) is 73.0 Å². The van der Waals surface area contributed by atoms with Crippen molar-refractivity contribution in [2.24, 2.45) is 5.73 Å². The van der Waals surface area contributed by atoms with Gasteiger partial charge in [-0.15, -0.1) is 0 Å². The summed E-state index contributed by atoms with van der Waals surface area (Å²) < 4.78 is 5.59. The highest BCUT2D eigenvalue weighted by Crippen LogP contribution is 2.12. The first-order valence-electron chi connectivity index (χ1n) is 19.0. The van der Waals surface area contributed by atoms with Crippen LogP contribution in [0.15, 0.2) is 60.8 Å². The number of ether oxygens (including phenoxy) is 1. The van der Waals surface area contributed by atoms with E-state index in [4.69, 9.17) is 15.6 Å². The number of primary amides is 1. The predicted octanol–water partition coefficient (Wildman–Crippen LogP) is 9.75. The van der Waals surface area contributed by atoms with Gasteiger partial charge in [0, 0.05) is 19.3 Å². The van der Waals surface area contributed by atoms with Crippen molar-refractivity contribution in [3.8, 4) is 0 Å². The van der Waals surface area contributed by atoms with Gasteiger partial charge in [0.25, 0.3) is 0 Å². The number of aliphatic carboxylic acids is 1. The molecule has 0 saturated carbocycles. The molecule has 0 saturated heterocycles. The number of carbonyl (C=O) groups is 4. The number of nitrogens with two attached hydrogens (primary N) is 1. The van der Waals surface area contributed by atoms with Gasteiger partial charge in [0.15, 0.2) is 0 Å². The quantitative estimate of drug-likeness (QED) is 0.0358. The highest BCUT2D eigenvalue weighted by Gasteiger charge is 2.20. The molecule has 4 N–H and O–H groups in total. The largest absolute Gasteiger partial charge is 0.480 e. The number of carboxylic acids is 1. The zero-order chi connectivity index (χ0) is 36.2. The Labute approximate surface area is 297 Å². The summed E-state index contributed by atoms with van der Waals surface area (Å²) in [5.74, 6) is -2.10. The summed E-state index contributed by atoms with van der Waals surface area (Å²) in [4.78, 5) is 46.2. The number of hydrogen-bond acceptors (Lipinski definition) is 5. The van der Waals surface area contributed by atoms with Gasteiger partial charge in [-0.3, -0.25) is 14.4 Å². The summed E-state index contributed by atoms with van der Waals surface area (Å²) >= 11 is 0. The van der Waals surface area contributed by atoms with E-state index in [1.165, 1.54) is 19.3 Å². The zero-order valence-corrected chi connectivity index (χ0v) is 30.8. The van der Waals surface area contributed by atoms with Gasteiger partial charge in [-0.05, 0) is 96.8 Å². The van der Waals surface area contributed by atoms with Gasteiger partial charge in [-0.25, -0.2) is 4.79 Å². The molecule has 0 bridgehead atoms. The topological polar surface area (TPSA) is 136 Å². The van der Waals surface area contributed by atoms with Crippen LogP contribution in [0.25, 0.3) is 0 Å². The lowest BCUT2D eigenvalue weighted by molar-refractivity contribution is -0.148. The summed E-state index contributed by atoms with van der Waals surface area (Å²) in [7, 11) is 0. The summed E-state index contributed by atoms with van der Waals surface area (Å²) in [6.07, 6.45) is 42.4. The Kier molecular flexibility index (Phi) is 32.0. The summed E-state index contributed by atoms with van der Waals surface area (Å²) in [5, 5.41) is 11.6. The van der Waals surface area contributed by atoms with E-state index >= 15 is 0 Å². The van der Waals surface area contributed by atoms with Gasteiger partial charge >= 0.3 is 11.9 Å². The van der Waals surface area contributed by atoms with Gasteiger partial charge in [-0.1, -0.05) is 106 Å². The van der Waals surface area contributed by atoms with Crippen LogP contribution in [0.2, 0.25) is 0 Å². The van der Waals surface area contributed by atoms with E-state index < -0.39 is 17.9 Å². The number of hydrogen-bond donors (Lipinski definition) is 3. The third kappa shape index (κ3) is 34.2.